The predicted molar refractivity (Wildman–Crippen MR) is 100 cm³/mol. The van der Waals surface area contributed by atoms with Crippen molar-refractivity contribution in [1.82, 2.24) is 10.2 Å². The van der Waals surface area contributed by atoms with Gasteiger partial charge in [0.05, 0.1) is 6.10 Å². The molecule has 1 saturated heterocycles. The van der Waals surface area contributed by atoms with Crippen LogP contribution < -0.4 is 10.2 Å². The third-order valence-electron chi connectivity index (χ3n) is 4.77. The summed E-state index contributed by atoms with van der Waals surface area (Å²) in [7, 11) is 3.51. The molecule has 0 radical (unpaired) electrons. The number of hydrogen-bond acceptors (Lipinski definition) is 3. The Morgan fingerprint density at radius 1 is 1.36 bits per heavy atom. The second-order valence-electron chi connectivity index (χ2n) is 6.83. The SMILES string of the molecule is CN(C)C(=O)CN=C(NCC1CCCCO1)N1CCc2ccccc21. The monoisotopic (exact) mass is 344 g/mol. The molecule has 1 unspecified atom stereocenters. The second kappa shape index (κ2) is 8.34. The fraction of sp³-hybridized carbons (Fsp3) is 0.579. The third kappa shape index (κ3) is 4.51. The van der Waals surface area contributed by atoms with Crippen LogP contribution in [0, 0.1) is 0 Å². The van der Waals surface area contributed by atoms with E-state index in [1.165, 1.54) is 17.7 Å². The van der Waals surface area contributed by atoms with Gasteiger partial charge in [0, 0.05) is 39.5 Å². The maximum Gasteiger partial charge on any atom is 0.243 e. The molecule has 2 aliphatic heterocycles. The van der Waals surface area contributed by atoms with Crippen molar-refractivity contribution < 1.29 is 9.53 Å². The summed E-state index contributed by atoms with van der Waals surface area (Å²) in [6, 6.07) is 8.38. The van der Waals surface area contributed by atoms with Gasteiger partial charge in [0.1, 0.15) is 6.54 Å². The number of benzene rings is 1. The highest BCUT2D eigenvalue weighted by molar-refractivity contribution is 5.99. The number of carbonyl (C=O) groups excluding carboxylic acids is 1. The fourth-order valence-corrected chi connectivity index (χ4v) is 3.25. The number of anilines is 1. The lowest BCUT2D eigenvalue weighted by molar-refractivity contribution is -0.127. The number of fused-ring (bicyclic) bond motifs is 1. The van der Waals surface area contributed by atoms with Crippen molar-refractivity contribution >= 4 is 17.6 Å². The highest BCUT2D eigenvalue weighted by Gasteiger charge is 2.24. The number of ether oxygens (including phenoxy) is 1. The molecular weight excluding hydrogens is 316 g/mol. The van der Waals surface area contributed by atoms with Gasteiger partial charge in [-0.3, -0.25) is 4.79 Å². The lowest BCUT2D eigenvalue weighted by atomic mass is 10.1. The maximum atomic E-state index is 12.0. The largest absolute Gasteiger partial charge is 0.376 e. The number of nitrogens with zero attached hydrogens (tertiary/aromatic N) is 3. The summed E-state index contributed by atoms with van der Waals surface area (Å²) in [5, 5.41) is 3.45. The quantitative estimate of drug-likeness (QED) is 0.667. The van der Waals surface area contributed by atoms with Gasteiger partial charge in [-0.25, -0.2) is 4.99 Å². The van der Waals surface area contributed by atoms with Crippen LogP contribution in [-0.4, -0.2) is 63.2 Å². The molecule has 1 N–H and O–H groups in total. The van der Waals surface area contributed by atoms with Gasteiger partial charge in [-0.05, 0) is 37.3 Å². The molecule has 2 aliphatic rings. The molecule has 136 valence electrons. The number of nitrogens with one attached hydrogen (secondary N) is 1. The zero-order chi connectivity index (χ0) is 17.6. The summed E-state index contributed by atoms with van der Waals surface area (Å²) in [6.07, 6.45) is 4.66. The van der Waals surface area contributed by atoms with Gasteiger partial charge in [-0.1, -0.05) is 18.2 Å². The van der Waals surface area contributed by atoms with Crippen molar-refractivity contribution in [3.8, 4) is 0 Å². The molecule has 6 heteroatoms. The summed E-state index contributed by atoms with van der Waals surface area (Å²) in [4.78, 5) is 20.3. The number of hydrogen-bond donors (Lipinski definition) is 1. The van der Waals surface area contributed by atoms with Crippen molar-refractivity contribution in [1.29, 1.82) is 0 Å². The molecule has 25 heavy (non-hydrogen) atoms. The minimum atomic E-state index is 0.000647. The minimum Gasteiger partial charge on any atom is -0.376 e. The van der Waals surface area contributed by atoms with Crippen LogP contribution in [0.25, 0.3) is 0 Å². The molecule has 1 atom stereocenters. The number of para-hydroxylation sites is 1. The van der Waals surface area contributed by atoms with E-state index in [0.29, 0.717) is 0 Å². The van der Waals surface area contributed by atoms with Gasteiger partial charge in [0.15, 0.2) is 5.96 Å². The molecule has 0 aliphatic carbocycles. The van der Waals surface area contributed by atoms with Crippen molar-refractivity contribution in [2.45, 2.75) is 31.8 Å². The first-order valence-corrected chi connectivity index (χ1v) is 9.10. The zero-order valence-corrected chi connectivity index (χ0v) is 15.2. The van der Waals surface area contributed by atoms with Crippen LogP contribution in [0.4, 0.5) is 5.69 Å². The van der Waals surface area contributed by atoms with E-state index in [2.05, 4.69) is 33.4 Å². The Kier molecular flexibility index (Phi) is 5.91. The molecule has 1 amide bonds. The molecule has 1 aromatic carbocycles. The van der Waals surface area contributed by atoms with E-state index in [0.717, 1.165) is 44.9 Å². The van der Waals surface area contributed by atoms with Crippen LogP contribution in [0.15, 0.2) is 29.3 Å². The lowest BCUT2D eigenvalue weighted by Gasteiger charge is -2.27. The molecule has 0 spiro atoms. The van der Waals surface area contributed by atoms with E-state index in [9.17, 15) is 4.79 Å². The first-order valence-electron chi connectivity index (χ1n) is 9.10. The molecule has 1 fully saturated rings. The van der Waals surface area contributed by atoms with Gasteiger partial charge < -0.3 is 19.9 Å². The van der Waals surface area contributed by atoms with Gasteiger partial charge in [-0.2, -0.15) is 0 Å². The Balaban J connectivity index is 1.72. The Bertz CT molecular complexity index is 624. The smallest absolute Gasteiger partial charge is 0.243 e. The number of aliphatic imine (C=N–C) groups is 1. The van der Waals surface area contributed by atoms with Gasteiger partial charge in [0.25, 0.3) is 0 Å². The highest BCUT2D eigenvalue weighted by atomic mass is 16.5. The van der Waals surface area contributed by atoms with Gasteiger partial charge in [0.2, 0.25) is 5.91 Å². The lowest BCUT2D eigenvalue weighted by Crippen LogP contribution is -2.45. The fourth-order valence-electron chi connectivity index (χ4n) is 3.25. The van der Waals surface area contributed by atoms with E-state index < -0.39 is 0 Å². The molecule has 2 heterocycles. The normalized spacial score (nSPS) is 20.3. The molecule has 0 bridgehead atoms. The van der Waals surface area contributed by atoms with E-state index in [1.807, 2.05) is 6.07 Å². The first kappa shape index (κ1) is 17.7. The van der Waals surface area contributed by atoms with E-state index >= 15 is 0 Å². The average molecular weight is 344 g/mol. The van der Waals surface area contributed by atoms with E-state index in [-0.39, 0.29) is 18.6 Å². The number of rotatable bonds is 4. The number of amides is 1. The molecular formula is C19H28N4O2. The first-order chi connectivity index (χ1) is 12.1. The zero-order valence-electron chi connectivity index (χ0n) is 15.2. The Hall–Kier alpha value is -2.08. The Labute approximate surface area is 149 Å². The molecule has 0 saturated carbocycles. The standard InChI is InChI=1S/C19H28N4O2/c1-22(2)18(24)14-21-19(20-13-16-8-5-6-12-25-16)23-11-10-15-7-3-4-9-17(15)23/h3-4,7,9,16H,5-6,8,10-14H2,1-2H3,(H,20,21). The molecule has 3 rings (SSSR count). The van der Waals surface area contributed by atoms with Crippen LogP contribution in [0.3, 0.4) is 0 Å². The molecule has 0 aromatic heterocycles. The minimum absolute atomic E-state index is 0.000647. The summed E-state index contributed by atoms with van der Waals surface area (Å²) < 4.78 is 5.81. The number of likely N-dealkylation sites (N-methyl/N-ethyl adjacent to an activating group) is 1. The number of guanidine groups is 1. The van der Waals surface area contributed by atoms with Crippen LogP contribution in [0.5, 0.6) is 0 Å². The van der Waals surface area contributed by atoms with Crippen molar-refractivity contribution in [2.24, 2.45) is 4.99 Å². The van der Waals surface area contributed by atoms with Crippen LogP contribution in [0.2, 0.25) is 0 Å². The topological polar surface area (TPSA) is 57.2 Å². The second-order valence-corrected chi connectivity index (χ2v) is 6.83. The predicted octanol–water partition coefficient (Wildman–Crippen LogP) is 1.65. The third-order valence-corrected chi connectivity index (χ3v) is 4.77. The molecule has 6 nitrogen and oxygen atoms in total. The maximum absolute atomic E-state index is 12.0. The van der Waals surface area contributed by atoms with Crippen LogP contribution in [0.1, 0.15) is 24.8 Å². The van der Waals surface area contributed by atoms with E-state index in [4.69, 9.17) is 4.74 Å². The summed E-state index contributed by atoms with van der Waals surface area (Å²) in [6.45, 7) is 2.60. The van der Waals surface area contributed by atoms with Crippen LogP contribution >= 0.6 is 0 Å². The van der Waals surface area contributed by atoms with Crippen molar-refractivity contribution in [3.63, 3.8) is 0 Å². The van der Waals surface area contributed by atoms with Crippen molar-refractivity contribution in [3.05, 3.63) is 29.8 Å². The molecule has 1 aromatic rings. The van der Waals surface area contributed by atoms with Gasteiger partial charge >= 0.3 is 0 Å². The summed E-state index contributed by atoms with van der Waals surface area (Å²) in [5.41, 5.74) is 2.50. The van der Waals surface area contributed by atoms with E-state index in [1.54, 1.807) is 19.0 Å². The summed E-state index contributed by atoms with van der Waals surface area (Å²) >= 11 is 0. The Morgan fingerprint density at radius 3 is 2.96 bits per heavy atom. The highest BCUT2D eigenvalue weighted by Crippen LogP contribution is 2.27. The van der Waals surface area contributed by atoms with Gasteiger partial charge in [-0.15, -0.1) is 0 Å². The van der Waals surface area contributed by atoms with Crippen molar-refractivity contribution in [2.75, 3.05) is 45.2 Å². The Morgan fingerprint density at radius 2 is 2.20 bits per heavy atom. The summed E-state index contributed by atoms with van der Waals surface area (Å²) in [5.74, 6) is 0.773. The average Bonchev–Trinajstić information content (AvgIpc) is 3.06. The van der Waals surface area contributed by atoms with Crippen LogP contribution in [-0.2, 0) is 16.0 Å². The number of carbonyl (C=O) groups is 1.